The number of carbonyl (C=O) groups is 2. The molecule has 3 N–H and O–H groups in total. The third kappa shape index (κ3) is 4.61. The van der Waals surface area contributed by atoms with Crippen LogP contribution in [0.15, 0.2) is 47.1 Å². The maximum atomic E-state index is 11.7. The minimum Gasteiger partial charge on any atom is -0.356 e. The molecule has 6 heteroatoms. The monoisotopic (exact) mass is 347 g/mol. The van der Waals surface area contributed by atoms with Gasteiger partial charge in [-0.15, -0.1) is 0 Å². The zero-order valence-electron chi connectivity index (χ0n) is 11.3. The first kappa shape index (κ1) is 15.1. The van der Waals surface area contributed by atoms with Crippen LogP contribution in [0.1, 0.15) is 21.6 Å². The molecule has 0 aliphatic rings. The molecule has 0 aliphatic carbocycles. The van der Waals surface area contributed by atoms with Gasteiger partial charge in [-0.2, -0.15) is 0 Å². The fourth-order valence-corrected chi connectivity index (χ4v) is 1.92. The van der Waals surface area contributed by atoms with E-state index in [4.69, 9.17) is 0 Å². The normalized spacial score (nSPS) is 10.6. The molecule has 0 fully saturated rings. The summed E-state index contributed by atoms with van der Waals surface area (Å²) in [4.78, 5) is 26.0. The third-order valence-electron chi connectivity index (χ3n) is 2.70. The SMILES string of the molecule is Cc1ccc(/C=C/C(=O)NNC(=O)c2cc(Br)c[nH]2)cc1. The number of aromatic amines is 1. The Kier molecular flexibility index (Phi) is 4.94. The number of aryl methyl sites for hydroxylation is 1. The van der Waals surface area contributed by atoms with Gasteiger partial charge in [-0.3, -0.25) is 20.4 Å². The van der Waals surface area contributed by atoms with Gasteiger partial charge in [-0.25, -0.2) is 0 Å². The number of halogens is 1. The van der Waals surface area contributed by atoms with Crippen LogP contribution in [0.25, 0.3) is 6.08 Å². The minimum absolute atomic E-state index is 0.352. The summed E-state index contributed by atoms with van der Waals surface area (Å²) in [6, 6.07) is 9.36. The molecular weight excluding hydrogens is 334 g/mol. The summed E-state index contributed by atoms with van der Waals surface area (Å²) < 4.78 is 0.762. The Morgan fingerprint density at radius 2 is 1.90 bits per heavy atom. The fourth-order valence-electron chi connectivity index (χ4n) is 1.58. The molecule has 5 nitrogen and oxygen atoms in total. The number of H-pyrrole nitrogens is 1. The van der Waals surface area contributed by atoms with Gasteiger partial charge in [-0.1, -0.05) is 29.8 Å². The summed E-state index contributed by atoms with van der Waals surface area (Å²) in [7, 11) is 0. The molecule has 0 bridgehead atoms. The van der Waals surface area contributed by atoms with Gasteiger partial charge < -0.3 is 4.98 Å². The molecule has 0 spiro atoms. The van der Waals surface area contributed by atoms with E-state index in [9.17, 15) is 9.59 Å². The Morgan fingerprint density at radius 3 is 2.52 bits per heavy atom. The van der Waals surface area contributed by atoms with Crippen molar-refractivity contribution in [3.63, 3.8) is 0 Å². The van der Waals surface area contributed by atoms with Crippen LogP contribution in [-0.2, 0) is 4.79 Å². The Labute approximate surface area is 130 Å². The average molecular weight is 348 g/mol. The summed E-state index contributed by atoms with van der Waals surface area (Å²) >= 11 is 3.23. The summed E-state index contributed by atoms with van der Waals surface area (Å²) in [6.07, 6.45) is 4.66. The molecule has 0 atom stereocenters. The van der Waals surface area contributed by atoms with Crippen LogP contribution in [-0.4, -0.2) is 16.8 Å². The minimum atomic E-state index is -0.419. The van der Waals surface area contributed by atoms with Crippen molar-refractivity contribution in [2.75, 3.05) is 0 Å². The van der Waals surface area contributed by atoms with Crippen molar-refractivity contribution in [3.05, 3.63) is 63.9 Å². The predicted molar refractivity (Wildman–Crippen MR) is 84.3 cm³/mol. The molecule has 108 valence electrons. The van der Waals surface area contributed by atoms with Gasteiger partial charge in [0.25, 0.3) is 11.8 Å². The highest BCUT2D eigenvalue weighted by Crippen LogP contribution is 2.10. The molecule has 1 aromatic carbocycles. The molecule has 2 rings (SSSR count). The highest BCUT2D eigenvalue weighted by Gasteiger charge is 2.07. The Morgan fingerprint density at radius 1 is 1.19 bits per heavy atom. The van der Waals surface area contributed by atoms with Crippen molar-refractivity contribution in [1.82, 2.24) is 15.8 Å². The van der Waals surface area contributed by atoms with Gasteiger partial charge in [0.2, 0.25) is 0 Å². The van der Waals surface area contributed by atoms with E-state index in [1.165, 1.54) is 6.08 Å². The largest absolute Gasteiger partial charge is 0.356 e. The van der Waals surface area contributed by atoms with E-state index in [0.717, 1.165) is 15.6 Å². The Bertz CT molecular complexity index is 674. The second kappa shape index (κ2) is 6.90. The smallest absolute Gasteiger partial charge is 0.286 e. The second-order valence-corrected chi connectivity index (χ2v) is 5.33. The van der Waals surface area contributed by atoms with Crippen molar-refractivity contribution in [1.29, 1.82) is 0 Å². The average Bonchev–Trinajstić information content (AvgIpc) is 2.91. The van der Waals surface area contributed by atoms with Gasteiger partial charge in [-0.05, 0) is 40.6 Å². The summed E-state index contributed by atoms with van der Waals surface area (Å²) in [6.45, 7) is 1.99. The Balaban J connectivity index is 1.84. The van der Waals surface area contributed by atoms with Gasteiger partial charge >= 0.3 is 0 Å². The summed E-state index contributed by atoms with van der Waals surface area (Å²) in [5.74, 6) is -0.827. The van der Waals surface area contributed by atoms with Gasteiger partial charge in [0, 0.05) is 16.7 Å². The lowest BCUT2D eigenvalue weighted by atomic mass is 10.1. The van der Waals surface area contributed by atoms with Gasteiger partial charge in [0.1, 0.15) is 5.69 Å². The number of hydrazine groups is 1. The number of rotatable bonds is 3. The lowest BCUT2D eigenvalue weighted by Crippen LogP contribution is -2.40. The van der Waals surface area contributed by atoms with Crippen molar-refractivity contribution >= 4 is 33.8 Å². The number of carbonyl (C=O) groups excluding carboxylic acids is 2. The topological polar surface area (TPSA) is 74.0 Å². The second-order valence-electron chi connectivity index (χ2n) is 4.42. The van der Waals surface area contributed by atoms with Crippen molar-refractivity contribution in [3.8, 4) is 0 Å². The number of aromatic nitrogens is 1. The molecule has 1 heterocycles. The maximum Gasteiger partial charge on any atom is 0.286 e. The number of hydrogen-bond donors (Lipinski definition) is 3. The number of amides is 2. The molecule has 0 unspecified atom stereocenters. The molecule has 21 heavy (non-hydrogen) atoms. The molecule has 2 aromatic rings. The zero-order chi connectivity index (χ0) is 15.2. The lowest BCUT2D eigenvalue weighted by molar-refractivity contribution is -0.117. The van der Waals surface area contributed by atoms with Crippen LogP contribution in [0.4, 0.5) is 0 Å². The highest BCUT2D eigenvalue weighted by molar-refractivity contribution is 9.10. The van der Waals surface area contributed by atoms with Gasteiger partial charge in [0.15, 0.2) is 0 Å². The van der Waals surface area contributed by atoms with Crippen molar-refractivity contribution < 1.29 is 9.59 Å². The maximum absolute atomic E-state index is 11.7. The predicted octanol–water partition coefficient (Wildman–Crippen LogP) is 2.56. The van der Waals surface area contributed by atoms with E-state index in [1.807, 2.05) is 31.2 Å². The lowest BCUT2D eigenvalue weighted by Gasteiger charge is -2.03. The van der Waals surface area contributed by atoms with E-state index in [-0.39, 0.29) is 0 Å². The fraction of sp³-hybridized carbons (Fsp3) is 0.0667. The first-order chi connectivity index (χ1) is 10.0. The van der Waals surface area contributed by atoms with Crippen LogP contribution < -0.4 is 10.9 Å². The van der Waals surface area contributed by atoms with E-state index in [1.54, 1.807) is 18.3 Å². The zero-order valence-corrected chi connectivity index (χ0v) is 12.9. The number of benzene rings is 1. The quantitative estimate of drug-likeness (QED) is 0.589. The van der Waals surface area contributed by atoms with E-state index in [0.29, 0.717) is 5.69 Å². The first-order valence-electron chi connectivity index (χ1n) is 6.23. The Hall–Kier alpha value is -2.34. The molecule has 0 saturated carbocycles. The first-order valence-corrected chi connectivity index (χ1v) is 7.03. The molecule has 0 radical (unpaired) electrons. The van der Waals surface area contributed by atoms with E-state index < -0.39 is 11.8 Å². The van der Waals surface area contributed by atoms with Crippen LogP contribution in [0.2, 0.25) is 0 Å². The van der Waals surface area contributed by atoms with E-state index >= 15 is 0 Å². The summed E-state index contributed by atoms with van der Waals surface area (Å²) in [5, 5.41) is 0. The third-order valence-corrected chi connectivity index (χ3v) is 3.15. The molecule has 1 aromatic heterocycles. The molecular formula is C15H14BrN3O2. The van der Waals surface area contributed by atoms with Crippen LogP contribution in [0.3, 0.4) is 0 Å². The van der Waals surface area contributed by atoms with Crippen LogP contribution >= 0.6 is 15.9 Å². The molecule has 2 amide bonds. The standard InChI is InChI=1S/C15H14BrN3O2/c1-10-2-4-11(5-3-10)6-7-14(20)18-19-15(21)13-8-12(16)9-17-13/h2-9,17H,1H3,(H,18,20)(H,19,21)/b7-6+. The highest BCUT2D eigenvalue weighted by atomic mass is 79.9. The van der Waals surface area contributed by atoms with Crippen molar-refractivity contribution in [2.24, 2.45) is 0 Å². The molecule has 0 saturated heterocycles. The number of nitrogens with one attached hydrogen (secondary N) is 3. The molecule has 0 aliphatic heterocycles. The summed E-state index contributed by atoms with van der Waals surface area (Å²) in [5.41, 5.74) is 7.04. The van der Waals surface area contributed by atoms with Crippen molar-refractivity contribution in [2.45, 2.75) is 6.92 Å². The van der Waals surface area contributed by atoms with Crippen LogP contribution in [0, 0.1) is 6.92 Å². The van der Waals surface area contributed by atoms with Crippen LogP contribution in [0.5, 0.6) is 0 Å². The van der Waals surface area contributed by atoms with Gasteiger partial charge in [0.05, 0.1) is 0 Å². The number of hydrogen-bond acceptors (Lipinski definition) is 2. The van der Waals surface area contributed by atoms with E-state index in [2.05, 4.69) is 31.8 Å².